The van der Waals surface area contributed by atoms with Gasteiger partial charge < -0.3 is 10.0 Å². The standard InChI is InChI=1S/C22H16Cl3N3O3/c1-11-20(27(2)22(30)31)18(15-8-5-13(24)9-17(15)25)16-10-28(21(29)19(16)26-11)14-6-3-12(23)4-7-14/h3-9H,10H2,1-2H3,(H,30,31). The molecule has 1 aliphatic heterocycles. The fourth-order valence-corrected chi connectivity index (χ4v) is 4.37. The first kappa shape index (κ1) is 21.4. The number of hydrogen-bond acceptors (Lipinski definition) is 3. The molecule has 0 aliphatic carbocycles. The molecule has 158 valence electrons. The molecule has 2 heterocycles. The Bertz CT molecular complexity index is 1230. The molecule has 0 atom stereocenters. The zero-order valence-electron chi connectivity index (χ0n) is 16.5. The van der Waals surface area contributed by atoms with Crippen molar-refractivity contribution in [2.45, 2.75) is 13.5 Å². The Kier molecular flexibility index (Phi) is 5.56. The van der Waals surface area contributed by atoms with Gasteiger partial charge in [0.25, 0.3) is 5.91 Å². The van der Waals surface area contributed by atoms with Crippen molar-refractivity contribution >= 4 is 58.2 Å². The monoisotopic (exact) mass is 475 g/mol. The summed E-state index contributed by atoms with van der Waals surface area (Å²) in [6.07, 6.45) is -1.16. The molecule has 1 aliphatic rings. The normalized spacial score (nSPS) is 12.8. The van der Waals surface area contributed by atoms with E-state index in [0.717, 1.165) is 4.90 Å². The highest BCUT2D eigenvalue weighted by molar-refractivity contribution is 6.36. The predicted molar refractivity (Wildman–Crippen MR) is 123 cm³/mol. The Morgan fingerprint density at radius 1 is 1.10 bits per heavy atom. The van der Waals surface area contributed by atoms with Crippen LogP contribution in [0.1, 0.15) is 21.7 Å². The summed E-state index contributed by atoms with van der Waals surface area (Å²) in [5.74, 6) is -0.281. The highest BCUT2D eigenvalue weighted by Gasteiger charge is 2.36. The largest absolute Gasteiger partial charge is 0.465 e. The maximum Gasteiger partial charge on any atom is 0.411 e. The van der Waals surface area contributed by atoms with Crippen molar-refractivity contribution in [2.75, 3.05) is 16.8 Å². The fraction of sp³-hybridized carbons (Fsp3) is 0.136. The highest BCUT2D eigenvalue weighted by atomic mass is 35.5. The molecule has 1 aromatic heterocycles. The predicted octanol–water partition coefficient (Wildman–Crippen LogP) is 6.29. The first-order valence-electron chi connectivity index (χ1n) is 9.22. The van der Waals surface area contributed by atoms with Gasteiger partial charge in [0.15, 0.2) is 0 Å². The van der Waals surface area contributed by atoms with Crippen molar-refractivity contribution in [1.82, 2.24) is 4.98 Å². The van der Waals surface area contributed by atoms with E-state index in [1.54, 1.807) is 54.3 Å². The van der Waals surface area contributed by atoms with Gasteiger partial charge in [0.2, 0.25) is 0 Å². The van der Waals surface area contributed by atoms with Crippen molar-refractivity contribution < 1.29 is 14.7 Å². The van der Waals surface area contributed by atoms with Crippen LogP contribution in [0.15, 0.2) is 42.5 Å². The van der Waals surface area contributed by atoms with Crippen molar-refractivity contribution in [1.29, 1.82) is 0 Å². The van der Waals surface area contributed by atoms with Gasteiger partial charge in [0, 0.05) is 44.5 Å². The van der Waals surface area contributed by atoms with Crippen LogP contribution < -0.4 is 9.80 Å². The van der Waals surface area contributed by atoms with E-state index in [1.807, 2.05) is 0 Å². The summed E-state index contributed by atoms with van der Waals surface area (Å²) in [4.78, 5) is 32.2. The number of aromatic nitrogens is 1. The Hall–Kier alpha value is -2.80. The van der Waals surface area contributed by atoms with Crippen molar-refractivity contribution in [3.63, 3.8) is 0 Å². The topological polar surface area (TPSA) is 73.7 Å². The lowest BCUT2D eigenvalue weighted by Crippen LogP contribution is -2.26. The van der Waals surface area contributed by atoms with Gasteiger partial charge in [0.05, 0.1) is 17.9 Å². The molecule has 2 amide bonds. The smallest absolute Gasteiger partial charge is 0.411 e. The summed E-state index contributed by atoms with van der Waals surface area (Å²) in [6, 6.07) is 11.9. The van der Waals surface area contributed by atoms with Crippen molar-refractivity contribution in [3.8, 4) is 11.1 Å². The van der Waals surface area contributed by atoms with Crippen molar-refractivity contribution in [3.05, 3.63) is 74.5 Å². The van der Waals surface area contributed by atoms with Crippen LogP contribution in [0.3, 0.4) is 0 Å². The maximum atomic E-state index is 13.2. The molecule has 6 nitrogen and oxygen atoms in total. The molecule has 0 radical (unpaired) electrons. The van der Waals surface area contributed by atoms with Gasteiger partial charge in [-0.25, -0.2) is 9.78 Å². The zero-order chi connectivity index (χ0) is 22.4. The van der Waals surface area contributed by atoms with E-state index in [9.17, 15) is 14.7 Å². The Morgan fingerprint density at radius 2 is 1.74 bits per heavy atom. The first-order valence-corrected chi connectivity index (χ1v) is 10.4. The number of carbonyl (C=O) groups excluding carboxylic acids is 1. The number of fused-ring (bicyclic) bond motifs is 1. The molecule has 31 heavy (non-hydrogen) atoms. The Balaban J connectivity index is 1.97. The second kappa shape index (κ2) is 8.04. The molecule has 0 fully saturated rings. The van der Waals surface area contributed by atoms with Gasteiger partial charge in [-0.15, -0.1) is 0 Å². The number of hydrogen-bond donors (Lipinski definition) is 1. The molecule has 0 unspecified atom stereocenters. The van der Waals surface area contributed by atoms with E-state index in [-0.39, 0.29) is 18.1 Å². The summed E-state index contributed by atoms with van der Waals surface area (Å²) in [7, 11) is 1.43. The number of anilines is 2. The molecule has 3 aromatic rings. The van der Waals surface area contributed by atoms with E-state index in [0.29, 0.717) is 48.8 Å². The number of carboxylic acid groups (broad SMARTS) is 1. The number of nitrogens with zero attached hydrogens (tertiary/aromatic N) is 3. The quantitative estimate of drug-likeness (QED) is 0.482. The summed E-state index contributed by atoms with van der Waals surface area (Å²) in [6.45, 7) is 1.87. The van der Waals surface area contributed by atoms with E-state index in [4.69, 9.17) is 34.8 Å². The molecule has 0 saturated carbocycles. The second-order valence-corrected chi connectivity index (χ2v) is 8.36. The van der Waals surface area contributed by atoms with Crippen molar-refractivity contribution in [2.24, 2.45) is 0 Å². The number of carbonyl (C=O) groups is 2. The fourth-order valence-electron chi connectivity index (χ4n) is 3.74. The molecule has 0 spiro atoms. The van der Waals surface area contributed by atoms with Crippen LogP contribution in [-0.4, -0.2) is 29.1 Å². The molecule has 2 aromatic carbocycles. The van der Waals surface area contributed by atoms with E-state index >= 15 is 0 Å². The number of amides is 2. The zero-order valence-corrected chi connectivity index (χ0v) is 18.8. The molecule has 1 N–H and O–H groups in total. The Morgan fingerprint density at radius 3 is 2.35 bits per heavy atom. The third-order valence-corrected chi connectivity index (χ3v) is 5.97. The third kappa shape index (κ3) is 3.71. The van der Waals surface area contributed by atoms with Crippen LogP contribution in [0.5, 0.6) is 0 Å². The average molecular weight is 477 g/mol. The molecular weight excluding hydrogens is 461 g/mol. The number of pyridine rings is 1. The van der Waals surface area contributed by atoms with Gasteiger partial charge in [-0.2, -0.15) is 0 Å². The maximum absolute atomic E-state index is 13.2. The van der Waals surface area contributed by atoms with Gasteiger partial charge in [0.1, 0.15) is 5.69 Å². The lowest BCUT2D eigenvalue weighted by molar-refractivity contribution is 0.0992. The van der Waals surface area contributed by atoms with E-state index in [1.165, 1.54) is 7.05 Å². The van der Waals surface area contributed by atoms with Gasteiger partial charge in [-0.05, 0) is 43.3 Å². The van der Waals surface area contributed by atoms with Crippen LogP contribution in [0.2, 0.25) is 15.1 Å². The average Bonchev–Trinajstić information content (AvgIpc) is 3.04. The number of benzene rings is 2. The molecule has 0 saturated heterocycles. The summed E-state index contributed by atoms with van der Waals surface area (Å²) >= 11 is 18.6. The van der Waals surface area contributed by atoms with Crippen LogP contribution in [0.25, 0.3) is 11.1 Å². The number of rotatable bonds is 3. The van der Waals surface area contributed by atoms with Gasteiger partial charge in [-0.1, -0.05) is 40.9 Å². The molecule has 9 heteroatoms. The second-order valence-electron chi connectivity index (χ2n) is 7.08. The minimum absolute atomic E-state index is 0.206. The number of halogens is 3. The first-order chi connectivity index (χ1) is 14.7. The summed E-state index contributed by atoms with van der Waals surface area (Å²) in [5.41, 5.74) is 3.39. The lowest BCUT2D eigenvalue weighted by Gasteiger charge is -2.23. The van der Waals surface area contributed by atoms with E-state index in [2.05, 4.69) is 4.98 Å². The van der Waals surface area contributed by atoms with E-state index < -0.39 is 6.09 Å². The van der Waals surface area contributed by atoms with Gasteiger partial charge >= 0.3 is 6.09 Å². The molecular formula is C22H16Cl3N3O3. The minimum atomic E-state index is -1.16. The summed E-state index contributed by atoms with van der Waals surface area (Å²) < 4.78 is 0. The summed E-state index contributed by atoms with van der Waals surface area (Å²) in [5, 5.41) is 11.0. The molecule has 0 bridgehead atoms. The van der Waals surface area contributed by atoms with Crippen LogP contribution >= 0.6 is 34.8 Å². The minimum Gasteiger partial charge on any atom is -0.465 e. The number of aryl methyl sites for hydroxylation is 1. The Labute approximate surface area is 193 Å². The van der Waals surface area contributed by atoms with Crippen LogP contribution in [0.4, 0.5) is 16.2 Å². The van der Waals surface area contributed by atoms with Gasteiger partial charge in [-0.3, -0.25) is 9.69 Å². The van der Waals surface area contributed by atoms with Crippen LogP contribution in [0, 0.1) is 6.92 Å². The highest BCUT2D eigenvalue weighted by Crippen LogP contribution is 2.44. The lowest BCUT2D eigenvalue weighted by atomic mass is 9.96. The third-order valence-electron chi connectivity index (χ3n) is 5.17. The SMILES string of the molecule is Cc1nc2c(c(-c3ccc(Cl)cc3Cl)c1N(C)C(=O)O)CN(c1ccc(Cl)cc1)C2=O. The molecule has 4 rings (SSSR count). The van der Waals surface area contributed by atoms with Crippen LogP contribution in [-0.2, 0) is 6.54 Å².